The molecule has 0 aliphatic carbocycles. The molecule has 0 aliphatic heterocycles. The molecule has 108 valence electrons. The summed E-state index contributed by atoms with van der Waals surface area (Å²) in [6.07, 6.45) is 2.87. The molecule has 1 rings (SSSR count). The standard InChI is InChI=1S/C15H18O5/c1-10(16)7-12(17)6-5-11-8-13(18-2)15(20-4)14(9-11)19-3/h5-6,8-9H,7H2,1-4H3/b6-5+. The van der Waals surface area contributed by atoms with Crippen molar-refractivity contribution >= 4 is 17.6 Å². The van der Waals surface area contributed by atoms with Crippen LogP contribution in [-0.4, -0.2) is 32.9 Å². The number of Topliss-reactive ketones (excluding diaryl/α,β-unsaturated/α-hetero) is 1. The maximum atomic E-state index is 11.5. The summed E-state index contributed by atoms with van der Waals surface area (Å²) in [5, 5.41) is 0. The fourth-order valence-electron chi connectivity index (χ4n) is 1.69. The van der Waals surface area contributed by atoms with Gasteiger partial charge in [0.2, 0.25) is 5.75 Å². The van der Waals surface area contributed by atoms with Gasteiger partial charge in [-0.15, -0.1) is 0 Å². The van der Waals surface area contributed by atoms with Crippen LogP contribution in [0.15, 0.2) is 18.2 Å². The highest BCUT2D eigenvalue weighted by Gasteiger charge is 2.12. The van der Waals surface area contributed by atoms with Crippen LogP contribution in [-0.2, 0) is 9.59 Å². The molecule has 5 nitrogen and oxygen atoms in total. The van der Waals surface area contributed by atoms with E-state index in [-0.39, 0.29) is 18.0 Å². The normalized spacial score (nSPS) is 10.4. The average Bonchev–Trinajstić information content (AvgIpc) is 2.42. The van der Waals surface area contributed by atoms with Crippen LogP contribution in [0.2, 0.25) is 0 Å². The van der Waals surface area contributed by atoms with Crippen LogP contribution < -0.4 is 14.2 Å². The van der Waals surface area contributed by atoms with Crippen molar-refractivity contribution in [1.82, 2.24) is 0 Å². The zero-order chi connectivity index (χ0) is 15.1. The van der Waals surface area contributed by atoms with Crippen molar-refractivity contribution in [2.75, 3.05) is 21.3 Å². The molecule has 0 unspecified atom stereocenters. The number of benzene rings is 1. The predicted octanol–water partition coefficient (Wildman–Crippen LogP) is 2.27. The topological polar surface area (TPSA) is 61.8 Å². The van der Waals surface area contributed by atoms with Gasteiger partial charge in [-0.1, -0.05) is 6.08 Å². The molecular weight excluding hydrogens is 260 g/mol. The van der Waals surface area contributed by atoms with E-state index >= 15 is 0 Å². The Labute approximate surface area is 118 Å². The molecule has 5 heteroatoms. The second-order valence-electron chi connectivity index (χ2n) is 4.14. The SMILES string of the molecule is COc1cc(/C=C/C(=O)CC(C)=O)cc(OC)c1OC. The van der Waals surface area contributed by atoms with Gasteiger partial charge in [0.15, 0.2) is 17.3 Å². The van der Waals surface area contributed by atoms with Crippen LogP contribution in [0, 0.1) is 0 Å². The predicted molar refractivity (Wildman–Crippen MR) is 75.4 cm³/mol. The summed E-state index contributed by atoms with van der Waals surface area (Å²) in [5.41, 5.74) is 0.719. The van der Waals surface area contributed by atoms with E-state index in [0.717, 1.165) is 5.56 Å². The van der Waals surface area contributed by atoms with E-state index in [4.69, 9.17) is 14.2 Å². The number of ketones is 2. The van der Waals surface area contributed by atoms with Crippen molar-refractivity contribution in [2.45, 2.75) is 13.3 Å². The highest BCUT2D eigenvalue weighted by atomic mass is 16.5. The third kappa shape index (κ3) is 4.12. The second kappa shape index (κ2) is 7.33. The fraction of sp³-hybridized carbons (Fsp3) is 0.333. The lowest BCUT2D eigenvalue weighted by Gasteiger charge is -2.12. The number of methoxy groups -OCH3 is 3. The quantitative estimate of drug-likeness (QED) is 0.565. The molecular formula is C15H18O5. The van der Waals surface area contributed by atoms with Crippen LogP contribution >= 0.6 is 0 Å². The van der Waals surface area contributed by atoms with Gasteiger partial charge < -0.3 is 14.2 Å². The van der Waals surface area contributed by atoms with Crippen LogP contribution in [0.25, 0.3) is 6.08 Å². The number of hydrogen-bond donors (Lipinski definition) is 0. The van der Waals surface area contributed by atoms with E-state index in [2.05, 4.69) is 0 Å². The molecule has 20 heavy (non-hydrogen) atoms. The van der Waals surface area contributed by atoms with E-state index in [1.807, 2.05) is 0 Å². The maximum absolute atomic E-state index is 11.5. The van der Waals surface area contributed by atoms with Gasteiger partial charge in [0.25, 0.3) is 0 Å². The highest BCUT2D eigenvalue weighted by molar-refractivity contribution is 6.05. The monoisotopic (exact) mass is 278 g/mol. The number of rotatable bonds is 7. The fourth-order valence-corrected chi connectivity index (χ4v) is 1.69. The van der Waals surface area contributed by atoms with Crippen molar-refractivity contribution in [1.29, 1.82) is 0 Å². The van der Waals surface area contributed by atoms with Crippen LogP contribution in [0.4, 0.5) is 0 Å². The molecule has 0 saturated carbocycles. The van der Waals surface area contributed by atoms with Crippen molar-refractivity contribution in [2.24, 2.45) is 0 Å². The van der Waals surface area contributed by atoms with Gasteiger partial charge in [0.05, 0.1) is 27.8 Å². The van der Waals surface area contributed by atoms with Crippen molar-refractivity contribution in [3.05, 3.63) is 23.8 Å². The summed E-state index contributed by atoms with van der Waals surface area (Å²) in [6, 6.07) is 3.44. The molecule has 0 heterocycles. The van der Waals surface area contributed by atoms with Gasteiger partial charge in [-0.05, 0) is 30.7 Å². The van der Waals surface area contributed by atoms with Gasteiger partial charge in [-0.3, -0.25) is 9.59 Å². The Kier molecular flexibility index (Phi) is 5.77. The zero-order valence-corrected chi connectivity index (χ0v) is 12.1. The van der Waals surface area contributed by atoms with E-state index < -0.39 is 0 Å². The molecule has 0 bridgehead atoms. The van der Waals surface area contributed by atoms with Crippen molar-refractivity contribution < 1.29 is 23.8 Å². The minimum absolute atomic E-state index is 0.0963. The van der Waals surface area contributed by atoms with Gasteiger partial charge in [0.1, 0.15) is 5.78 Å². The molecule has 0 aliphatic rings. The Hall–Kier alpha value is -2.30. The molecule has 1 aromatic rings. The molecule has 0 radical (unpaired) electrons. The first-order chi connectivity index (χ1) is 9.51. The number of carbonyl (C=O) groups is 2. The highest BCUT2D eigenvalue weighted by Crippen LogP contribution is 2.38. The van der Waals surface area contributed by atoms with Gasteiger partial charge in [-0.2, -0.15) is 0 Å². The number of allylic oxidation sites excluding steroid dienone is 1. The lowest BCUT2D eigenvalue weighted by Crippen LogP contribution is -2.00. The van der Waals surface area contributed by atoms with E-state index in [0.29, 0.717) is 17.2 Å². The summed E-state index contributed by atoms with van der Waals surface area (Å²) >= 11 is 0. The second-order valence-corrected chi connectivity index (χ2v) is 4.14. The Balaban J connectivity index is 3.04. The molecule has 0 spiro atoms. The Morgan fingerprint density at radius 2 is 1.60 bits per heavy atom. The molecule has 0 amide bonds. The van der Waals surface area contributed by atoms with Crippen LogP contribution in [0.1, 0.15) is 18.9 Å². The number of carbonyl (C=O) groups excluding carboxylic acids is 2. The third-order valence-corrected chi connectivity index (χ3v) is 2.57. The average molecular weight is 278 g/mol. The minimum atomic E-state index is -0.244. The first kappa shape index (κ1) is 15.8. The third-order valence-electron chi connectivity index (χ3n) is 2.57. The van der Waals surface area contributed by atoms with E-state index in [9.17, 15) is 9.59 Å². The number of ether oxygens (including phenoxy) is 3. The lowest BCUT2D eigenvalue weighted by atomic mass is 10.1. The molecule has 1 aromatic carbocycles. The van der Waals surface area contributed by atoms with Crippen LogP contribution in [0.3, 0.4) is 0 Å². The van der Waals surface area contributed by atoms with Crippen LogP contribution in [0.5, 0.6) is 17.2 Å². The summed E-state index contributed by atoms with van der Waals surface area (Å²) in [7, 11) is 4.56. The largest absolute Gasteiger partial charge is 0.493 e. The van der Waals surface area contributed by atoms with Gasteiger partial charge in [0, 0.05) is 0 Å². The van der Waals surface area contributed by atoms with Gasteiger partial charge >= 0.3 is 0 Å². The summed E-state index contributed by atoms with van der Waals surface area (Å²) < 4.78 is 15.6. The lowest BCUT2D eigenvalue weighted by molar-refractivity contribution is -0.123. The molecule has 0 fully saturated rings. The minimum Gasteiger partial charge on any atom is -0.493 e. The summed E-state index contributed by atoms with van der Waals surface area (Å²) in [6.45, 7) is 1.38. The summed E-state index contributed by atoms with van der Waals surface area (Å²) in [5.74, 6) is 1.09. The van der Waals surface area contributed by atoms with Gasteiger partial charge in [-0.25, -0.2) is 0 Å². The summed E-state index contributed by atoms with van der Waals surface area (Å²) in [4.78, 5) is 22.3. The smallest absolute Gasteiger partial charge is 0.203 e. The Bertz CT molecular complexity index is 506. The Morgan fingerprint density at radius 1 is 1.05 bits per heavy atom. The zero-order valence-electron chi connectivity index (χ0n) is 12.1. The maximum Gasteiger partial charge on any atom is 0.203 e. The number of hydrogen-bond acceptors (Lipinski definition) is 5. The van der Waals surface area contributed by atoms with Crippen molar-refractivity contribution in [3.8, 4) is 17.2 Å². The molecule has 0 N–H and O–H groups in total. The molecule has 0 atom stereocenters. The molecule has 0 aromatic heterocycles. The van der Waals surface area contributed by atoms with Crippen molar-refractivity contribution in [3.63, 3.8) is 0 Å². The first-order valence-corrected chi connectivity index (χ1v) is 6.02. The van der Waals surface area contributed by atoms with E-state index in [1.165, 1.54) is 34.3 Å². The molecule has 0 saturated heterocycles. The first-order valence-electron chi connectivity index (χ1n) is 6.02. The Morgan fingerprint density at radius 3 is 2.00 bits per heavy atom. The van der Waals surface area contributed by atoms with E-state index in [1.54, 1.807) is 18.2 Å².